The molecule has 2 aromatic heterocycles. The summed E-state index contributed by atoms with van der Waals surface area (Å²) in [6, 6.07) is 0.307. The number of hydrogen-bond acceptors (Lipinski definition) is 5. The maximum atomic E-state index is 11.2. The summed E-state index contributed by atoms with van der Waals surface area (Å²) in [6.07, 6.45) is 7.47. The SMILES string of the molecule is CCC1CCC(Nc2nc3sccn3c2[N+](=O)[O-])CC1. The number of imidazole rings is 1. The molecule has 0 unspecified atom stereocenters. The Morgan fingerprint density at radius 3 is 2.90 bits per heavy atom. The van der Waals surface area contributed by atoms with Crippen LogP contribution in [0.25, 0.3) is 4.96 Å². The zero-order valence-electron chi connectivity index (χ0n) is 11.4. The summed E-state index contributed by atoms with van der Waals surface area (Å²) in [6.45, 7) is 2.23. The topological polar surface area (TPSA) is 72.5 Å². The molecule has 3 rings (SSSR count). The molecule has 7 heteroatoms. The van der Waals surface area contributed by atoms with Gasteiger partial charge in [0.25, 0.3) is 4.96 Å². The van der Waals surface area contributed by atoms with Gasteiger partial charge >= 0.3 is 5.82 Å². The summed E-state index contributed by atoms with van der Waals surface area (Å²) in [5.41, 5.74) is 0. The quantitative estimate of drug-likeness (QED) is 0.689. The van der Waals surface area contributed by atoms with Crippen LogP contribution in [0.4, 0.5) is 11.6 Å². The third-order valence-electron chi connectivity index (χ3n) is 4.17. The number of fused-ring (bicyclic) bond motifs is 1. The highest BCUT2D eigenvalue weighted by Crippen LogP contribution is 2.32. The van der Waals surface area contributed by atoms with Gasteiger partial charge < -0.3 is 15.4 Å². The predicted octanol–water partition coefficient (Wildman–Crippen LogP) is 3.68. The van der Waals surface area contributed by atoms with Crippen molar-refractivity contribution in [1.29, 1.82) is 0 Å². The summed E-state index contributed by atoms with van der Waals surface area (Å²) in [5.74, 6) is 1.29. The van der Waals surface area contributed by atoms with Gasteiger partial charge in [-0.2, -0.15) is 9.38 Å². The van der Waals surface area contributed by atoms with E-state index >= 15 is 0 Å². The molecular formula is C13H18N4O2S. The van der Waals surface area contributed by atoms with Crippen molar-refractivity contribution < 1.29 is 4.92 Å². The minimum atomic E-state index is -0.354. The fourth-order valence-electron chi connectivity index (χ4n) is 2.95. The highest BCUT2D eigenvalue weighted by Gasteiger charge is 2.27. The molecule has 0 aliphatic heterocycles. The lowest BCUT2D eigenvalue weighted by Gasteiger charge is -2.28. The van der Waals surface area contributed by atoms with Gasteiger partial charge in [-0.1, -0.05) is 24.7 Å². The maximum absolute atomic E-state index is 11.2. The molecule has 1 fully saturated rings. The number of aromatic nitrogens is 2. The number of nitrogens with one attached hydrogen (secondary N) is 1. The maximum Gasteiger partial charge on any atom is 0.372 e. The number of nitrogens with zero attached hydrogens (tertiary/aromatic N) is 3. The Morgan fingerprint density at radius 2 is 2.25 bits per heavy atom. The van der Waals surface area contributed by atoms with E-state index in [4.69, 9.17) is 0 Å². The van der Waals surface area contributed by atoms with Crippen molar-refractivity contribution in [1.82, 2.24) is 9.38 Å². The number of thiazole rings is 1. The smallest absolute Gasteiger partial charge is 0.360 e. The van der Waals surface area contributed by atoms with Crippen LogP contribution in [0.1, 0.15) is 39.0 Å². The van der Waals surface area contributed by atoms with Crippen LogP contribution in [-0.2, 0) is 0 Å². The molecule has 0 saturated heterocycles. The molecule has 0 atom stereocenters. The number of hydrogen-bond donors (Lipinski definition) is 1. The standard InChI is InChI=1S/C13H18N4O2S/c1-2-9-3-5-10(6-4-9)14-11-12(17(18)19)16-7-8-20-13(16)15-11/h7-10,14H,2-6H2,1H3. The molecule has 0 aromatic carbocycles. The minimum absolute atomic E-state index is 0.0545. The first-order chi connectivity index (χ1) is 9.69. The summed E-state index contributed by atoms with van der Waals surface area (Å²) < 4.78 is 1.55. The van der Waals surface area contributed by atoms with Crippen molar-refractivity contribution >= 4 is 27.9 Å². The van der Waals surface area contributed by atoms with E-state index in [1.165, 1.54) is 30.6 Å². The third-order valence-corrected chi connectivity index (χ3v) is 4.93. The molecule has 1 aliphatic rings. The minimum Gasteiger partial charge on any atom is -0.360 e. The highest BCUT2D eigenvalue weighted by molar-refractivity contribution is 7.15. The zero-order valence-corrected chi connectivity index (χ0v) is 12.2. The molecular weight excluding hydrogens is 276 g/mol. The van der Waals surface area contributed by atoms with E-state index in [1.54, 1.807) is 10.6 Å². The second kappa shape index (κ2) is 5.40. The zero-order chi connectivity index (χ0) is 14.1. The first-order valence-corrected chi connectivity index (χ1v) is 7.93. The van der Waals surface area contributed by atoms with Gasteiger partial charge in [-0.25, -0.2) is 0 Å². The molecule has 0 spiro atoms. The van der Waals surface area contributed by atoms with Gasteiger partial charge in [0, 0.05) is 11.4 Å². The normalized spacial score (nSPS) is 23.1. The van der Waals surface area contributed by atoms with Gasteiger partial charge in [0.2, 0.25) is 5.82 Å². The van der Waals surface area contributed by atoms with Gasteiger partial charge in [0.1, 0.15) is 6.20 Å². The average Bonchev–Trinajstić information content (AvgIpc) is 2.99. The van der Waals surface area contributed by atoms with Gasteiger partial charge in [0.05, 0.1) is 0 Å². The number of nitro groups is 1. The first-order valence-electron chi connectivity index (χ1n) is 7.05. The van der Waals surface area contributed by atoms with Crippen molar-refractivity contribution in [2.45, 2.75) is 45.1 Å². The molecule has 2 heterocycles. The molecule has 2 aromatic rings. The van der Waals surface area contributed by atoms with Gasteiger partial charge in [-0.15, -0.1) is 0 Å². The van der Waals surface area contributed by atoms with Crippen LogP contribution in [-0.4, -0.2) is 20.3 Å². The van der Waals surface area contributed by atoms with Gasteiger partial charge in [0.15, 0.2) is 0 Å². The van der Waals surface area contributed by atoms with Crippen molar-refractivity contribution in [3.8, 4) is 0 Å². The van der Waals surface area contributed by atoms with Crippen molar-refractivity contribution in [3.05, 3.63) is 21.7 Å². The largest absolute Gasteiger partial charge is 0.372 e. The van der Waals surface area contributed by atoms with Crippen LogP contribution in [0.15, 0.2) is 11.6 Å². The summed E-state index contributed by atoms with van der Waals surface area (Å²) >= 11 is 1.41. The van der Waals surface area contributed by atoms with E-state index in [-0.39, 0.29) is 10.7 Å². The molecule has 6 nitrogen and oxygen atoms in total. The lowest BCUT2D eigenvalue weighted by atomic mass is 9.84. The molecule has 108 valence electrons. The Hall–Kier alpha value is -1.63. The lowest BCUT2D eigenvalue weighted by Crippen LogP contribution is -2.26. The summed E-state index contributed by atoms with van der Waals surface area (Å²) in [5, 5.41) is 16.3. The number of anilines is 1. The van der Waals surface area contributed by atoms with E-state index < -0.39 is 0 Å². The van der Waals surface area contributed by atoms with E-state index in [0.717, 1.165) is 18.8 Å². The van der Waals surface area contributed by atoms with E-state index in [2.05, 4.69) is 17.2 Å². The van der Waals surface area contributed by atoms with Crippen LogP contribution in [0.3, 0.4) is 0 Å². The summed E-state index contributed by atoms with van der Waals surface area (Å²) in [4.78, 5) is 15.9. The van der Waals surface area contributed by atoms with Crippen LogP contribution in [0, 0.1) is 16.0 Å². The second-order valence-electron chi connectivity index (χ2n) is 5.37. The predicted molar refractivity (Wildman–Crippen MR) is 79.4 cm³/mol. The fourth-order valence-corrected chi connectivity index (χ4v) is 3.66. The highest BCUT2D eigenvalue weighted by atomic mass is 32.1. The molecule has 1 saturated carbocycles. The Labute approximate surface area is 121 Å². The Morgan fingerprint density at radius 1 is 1.50 bits per heavy atom. The van der Waals surface area contributed by atoms with Crippen LogP contribution >= 0.6 is 11.3 Å². The Kier molecular flexibility index (Phi) is 3.60. The lowest BCUT2D eigenvalue weighted by molar-refractivity contribution is -0.389. The van der Waals surface area contributed by atoms with Crippen LogP contribution in [0.5, 0.6) is 0 Å². The molecule has 1 N–H and O–H groups in total. The van der Waals surface area contributed by atoms with Gasteiger partial charge in [-0.3, -0.25) is 0 Å². The average molecular weight is 294 g/mol. The number of rotatable bonds is 4. The molecule has 0 radical (unpaired) electrons. The fraction of sp³-hybridized carbons (Fsp3) is 0.615. The molecule has 20 heavy (non-hydrogen) atoms. The molecule has 1 aliphatic carbocycles. The Balaban J connectivity index is 1.79. The first kappa shape index (κ1) is 13.4. The summed E-state index contributed by atoms with van der Waals surface area (Å²) in [7, 11) is 0. The van der Waals surface area contributed by atoms with E-state index in [1.807, 2.05) is 5.38 Å². The van der Waals surface area contributed by atoms with Crippen LogP contribution in [0.2, 0.25) is 0 Å². The van der Waals surface area contributed by atoms with Gasteiger partial charge in [-0.05, 0) is 36.5 Å². The van der Waals surface area contributed by atoms with Crippen molar-refractivity contribution in [2.24, 2.45) is 5.92 Å². The Bertz CT molecular complexity index is 613. The monoisotopic (exact) mass is 294 g/mol. The van der Waals surface area contributed by atoms with E-state index in [0.29, 0.717) is 16.8 Å². The van der Waals surface area contributed by atoms with Crippen molar-refractivity contribution in [3.63, 3.8) is 0 Å². The second-order valence-corrected chi connectivity index (χ2v) is 6.24. The molecule has 0 amide bonds. The third kappa shape index (κ3) is 2.37. The van der Waals surface area contributed by atoms with E-state index in [9.17, 15) is 10.1 Å². The van der Waals surface area contributed by atoms with Crippen LogP contribution < -0.4 is 5.32 Å². The van der Waals surface area contributed by atoms with Crippen molar-refractivity contribution in [2.75, 3.05) is 5.32 Å². The molecule has 0 bridgehead atoms.